The normalized spacial score (nSPS) is 10.0. The Bertz CT molecular complexity index is 682. The van der Waals surface area contributed by atoms with Crippen molar-refractivity contribution in [3.8, 4) is 17.6 Å². The number of rotatable bonds is 5. The molecule has 0 radical (unpaired) electrons. The van der Waals surface area contributed by atoms with E-state index in [0.29, 0.717) is 5.33 Å². The second-order valence-corrected chi connectivity index (χ2v) is 4.88. The Kier molecular flexibility index (Phi) is 5.18. The lowest BCUT2D eigenvalue weighted by Gasteiger charge is -2.11. The van der Waals surface area contributed by atoms with Crippen molar-refractivity contribution in [3.63, 3.8) is 0 Å². The van der Waals surface area contributed by atoms with Crippen LogP contribution in [0.25, 0.3) is 0 Å². The molecule has 0 fully saturated rings. The van der Waals surface area contributed by atoms with Crippen LogP contribution in [0.4, 0.5) is 4.39 Å². The van der Waals surface area contributed by atoms with Gasteiger partial charge in [-0.25, -0.2) is 4.39 Å². The molecule has 3 nitrogen and oxygen atoms in total. The van der Waals surface area contributed by atoms with Gasteiger partial charge in [0.1, 0.15) is 30.0 Å². The first-order chi connectivity index (χ1) is 10.2. The first kappa shape index (κ1) is 15.3. The standard InChI is InChI=1S/C16H13BrFNO2/c1-20-14-3-5-16(12(7-14)8-17)21-10-11-2-4-15(18)13(6-11)9-19/h2-7H,8,10H2,1H3. The van der Waals surface area contributed by atoms with Crippen LogP contribution in [-0.2, 0) is 11.9 Å². The maximum atomic E-state index is 13.3. The third-order valence-electron chi connectivity index (χ3n) is 2.96. The van der Waals surface area contributed by atoms with E-state index in [1.165, 1.54) is 12.1 Å². The molecule has 0 aliphatic heterocycles. The van der Waals surface area contributed by atoms with E-state index in [-0.39, 0.29) is 12.2 Å². The summed E-state index contributed by atoms with van der Waals surface area (Å²) in [5.41, 5.74) is 1.72. The topological polar surface area (TPSA) is 42.2 Å². The quantitative estimate of drug-likeness (QED) is 0.760. The van der Waals surface area contributed by atoms with Gasteiger partial charge in [-0.1, -0.05) is 22.0 Å². The van der Waals surface area contributed by atoms with Crippen molar-refractivity contribution in [2.24, 2.45) is 0 Å². The molecule has 0 amide bonds. The van der Waals surface area contributed by atoms with E-state index in [0.717, 1.165) is 22.6 Å². The fourth-order valence-corrected chi connectivity index (χ4v) is 2.28. The smallest absolute Gasteiger partial charge is 0.140 e. The Hall–Kier alpha value is -2.06. The van der Waals surface area contributed by atoms with Gasteiger partial charge in [-0.05, 0) is 35.9 Å². The van der Waals surface area contributed by atoms with Gasteiger partial charge < -0.3 is 9.47 Å². The summed E-state index contributed by atoms with van der Waals surface area (Å²) in [6.45, 7) is 0.265. The number of nitriles is 1. The van der Waals surface area contributed by atoms with Crippen LogP contribution in [0, 0.1) is 17.1 Å². The molecule has 0 N–H and O–H groups in total. The summed E-state index contributed by atoms with van der Waals surface area (Å²) in [6.07, 6.45) is 0. The molecular weight excluding hydrogens is 337 g/mol. The van der Waals surface area contributed by atoms with E-state index in [9.17, 15) is 4.39 Å². The van der Waals surface area contributed by atoms with Crippen molar-refractivity contribution >= 4 is 15.9 Å². The van der Waals surface area contributed by atoms with E-state index in [1.807, 2.05) is 24.3 Å². The molecule has 0 aliphatic rings. The number of methoxy groups -OCH3 is 1. The van der Waals surface area contributed by atoms with Crippen LogP contribution in [0.3, 0.4) is 0 Å². The molecule has 2 aromatic rings. The molecule has 5 heteroatoms. The highest BCUT2D eigenvalue weighted by Crippen LogP contribution is 2.27. The van der Waals surface area contributed by atoms with Crippen LogP contribution in [-0.4, -0.2) is 7.11 Å². The fourth-order valence-electron chi connectivity index (χ4n) is 1.84. The zero-order valence-electron chi connectivity index (χ0n) is 11.4. The van der Waals surface area contributed by atoms with Crippen LogP contribution in [0.15, 0.2) is 36.4 Å². The lowest BCUT2D eigenvalue weighted by atomic mass is 10.1. The molecule has 0 saturated heterocycles. The van der Waals surface area contributed by atoms with Gasteiger partial charge in [0.15, 0.2) is 0 Å². The minimum Gasteiger partial charge on any atom is -0.497 e. The zero-order valence-corrected chi connectivity index (χ0v) is 13.0. The average molecular weight is 350 g/mol. The molecule has 0 atom stereocenters. The summed E-state index contributed by atoms with van der Waals surface area (Å²) in [4.78, 5) is 0. The molecule has 108 valence electrons. The van der Waals surface area contributed by atoms with Crippen molar-refractivity contribution in [2.75, 3.05) is 7.11 Å². The Balaban J connectivity index is 2.15. The molecular formula is C16H13BrFNO2. The van der Waals surface area contributed by atoms with Crippen LogP contribution in [0.5, 0.6) is 11.5 Å². The zero-order chi connectivity index (χ0) is 15.2. The predicted octanol–water partition coefficient (Wildman–Crippen LogP) is 4.18. The highest BCUT2D eigenvalue weighted by atomic mass is 79.9. The highest BCUT2D eigenvalue weighted by Gasteiger charge is 2.07. The van der Waals surface area contributed by atoms with Crippen molar-refractivity contribution in [1.29, 1.82) is 5.26 Å². The Morgan fingerprint density at radius 2 is 2.05 bits per heavy atom. The summed E-state index contributed by atoms with van der Waals surface area (Å²) in [5, 5.41) is 9.45. The molecule has 0 aromatic heterocycles. The average Bonchev–Trinajstić information content (AvgIpc) is 2.53. The van der Waals surface area contributed by atoms with Gasteiger partial charge >= 0.3 is 0 Å². The lowest BCUT2D eigenvalue weighted by Crippen LogP contribution is -1.99. The van der Waals surface area contributed by atoms with Crippen molar-refractivity contribution in [2.45, 2.75) is 11.9 Å². The van der Waals surface area contributed by atoms with Gasteiger partial charge in [-0.2, -0.15) is 5.26 Å². The minimum absolute atomic E-state index is 0.0199. The number of hydrogen-bond acceptors (Lipinski definition) is 3. The first-order valence-corrected chi connectivity index (χ1v) is 7.34. The fraction of sp³-hybridized carbons (Fsp3) is 0.188. The molecule has 0 spiro atoms. The van der Waals surface area contributed by atoms with E-state index >= 15 is 0 Å². The van der Waals surface area contributed by atoms with Gasteiger partial charge in [0.25, 0.3) is 0 Å². The van der Waals surface area contributed by atoms with Crippen LogP contribution in [0.1, 0.15) is 16.7 Å². The Morgan fingerprint density at radius 1 is 1.24 bits per heavy atom. The number of nitrogens with zero attached hydrogens (tertiary/aromatic N) is 1. The Morgan fingerprint density at radius 3 is 2.71 bits per heavy atom. The largest absolute Gasteiger partial charge is 0.497 e. The van der Waals surface area contributed by atoms with Crippen LogP contribution in [0.2, 0.25) is 0 Å². The molecule has 2 rings (SSSR count). The predicted molar refractivity (Wildman–Crippen MR) is 81.1 cm³/mol. The van der Waals surface area contributed by atoms with Gasteiger partial charge in [0, 0.05) is 10.9 Å². The third kappa shape index (κ3) is 3.73. The summed E-state index contributed by atoms with van der Waals surface area (Å²) in [7, 11) is 1.61. The molecule has 0 unspecified atom stereocenters. The molecule has 0 aliphatic carbocycles. The van der Waals surface area contributed by atoms with Gasteiger partial charge in [0.2, 0.25) is 0 Å². The first-order valence-electron chi connectivity index (χ1n) is 6.22. The SMILES string of the molecule is COc1ccc(OCc2ccc(F)c(C#N)c2)c(CBr)c1. The van der Waals surface area contributed by atoms with Crippen molar-refractivity contribution in [1.82, 2.24) is 0 Å². The second kappa shape index (κ2) is 7.09. The van der Waals surface area contributed by atoms with E-state index in [1.54, 1.807) is 13.2 Å². The summed E-state index contributed by atoms with van der Waals surface area (Å²) in [6, 6.07) is 11.7. The van der Waals surface area contributed by atoms with Crippen molar-refractivity contribution in [3.05, 3.63) is 58.9 Å². The molecule has 0 heterocycles. The number of halogens is 2. The lowest BCUT2D eigenvalue weighted by molar-refractivity contribution is 0.303. The monoisotopic (exact) mass is 349 g/mol. The summed E-state index contributed by atoms with van der Waals surface area (Å²) in [5.74, 6) is 0.952. The third-order valence-corrected chi connectivity index (χ3v) is 3.56. The van der Waals surface area contributed by atoms with Gasteiger partial charge in [-0.3, -0.25) is 0 Å². The van der Waals surface area contributed by atoms with E-state index in [4.69, 9.17) is 14.7 Å². The maximum Gasteiger partial charge on any atom is 0.140 e. The molecule has 0 bridgehead atoms. The molecule has 2 aromatic carbocycles. The van der Waals surface area contributed by atoms with Gasteiger partial charge in [0.05, 0.1) is 12.7 Å². The van der Waals surface area contributed by atoms with Crippen molar-refractivity contribution < 1.29 is 13.9 Å². The maximum absolute atomic E-state index is 13.3. The van der Waals surface area contributed by atoms with Crippen LogP contribution >= 0.6 is 15.9 Å². The molecule has 21 heavy (non-hydrogen) atoms. The Labute approximate surface area is 131 Å². The highest BCUT2D eigenvalue weighted by molar-refractivity contribution is 9.08. The second-order valence-electron chi connectivity index (χ2n) is 4.32. The van der Waals surface area contributed by atoms with E-state index in [2.05, 4.69) is 15.9 Å². The number of hydrogen-bond donors (Lipinski definition) is 0. The summed E-state index contributed by atoms with van der Waals surface area (Å²) >= 11 is 3.40. The minimum atomic E-state index is -0.521. The molecule has 0 saturated carbocycles. The van der Waals surface area contributed by atoms with Crippen LogP contribution < -0.4 is 9.47 Å². The summed E-state index contributed by atoms with van der Waals surface area (Å²) < 4.78 is 24.2. The van der Waals surface area contributed by atoms with E-state index < -0.39 is 5.82 Å². The van der Waals surface area contributed by atoms with Gasteiger partial charge in [-0.15, -0.1) is 0 Å². The number of alkyl halides is 1. The number of benzene rings is 2. The number of ether oxygens (including phenoxy) is 2.